The summed E-state index contributed by atoms with van der Waals surface area (Å²) in [6.45, 7) is 0. The van der Waals surface area contributed by atoms with Gasteiger partial charge in [-0.1, -0.05) is 18.2 Å². The molecule has 3 rings (SSSR count). The predicted molar refractivity (Wildman–Crippen MR) is 90.1 cm³/mol. The molecule has 0 spiro atoms. The molecule has 0 aliphatic rings. The number of hydrogen-bond donors (Lipinski definition) is 1. The van der Waals surface area contributed by atoms with Crippen LogP contribution in [0.3, 0.4) is 0 Å². The normalized spacial score (nSPS) is 12.6. The van der Waals surface area contributed by atoms with Crippen molar-refractivity contribution >= 4 is 11.9 Å². The van der Waals surface area contributed by atoms with Crippen molar-refractivity contribution in [2.45, 2.75) is 12.4 Å². The lowest BCUT2D eigenvalue weighted by molar-refractivity contribution is -0.141. The molecule has 0 radical (unpaired) electrons. The van der Waals surface area contributed by atoms with Crippen molar-refractivity contribution in [3.8, 4) is 5.69 Å². The van der Waals surface area contributed by atoms with Crippen LogP contribution in [0.4, 0.5) is 32.0 Å². The SMILES string of the molecule is O=c1c(C=Nc2ccc(C(F)(F)F)cc2)c(C(F)(F)F)[nH]n1-c1ccccc1. The average molecular weight is 399 g/mol. The van der Waals surface area contributed by atoms with Crippen molar-refractivity contribution in [1.29, 1.82) is 0 Å². The van der Waals surface area contributed by atoms with Crippen molar-refractivity contribution in [2.24, 2.45) is 4.99 Å². The Morgan fingerprint density at radius 3 is 2.00 bits per heavy atom. The molecule has 0 unspecified atom stereocenters. The summed E-state index contributed by atoms with van der Waals surface area (Å²) in [5.74, 6) is 0. The molecule has 4 nitrogen and oxygen atoms in total. The second-order valence-electron chi connectivity index (χ2n) is 5.68. The van der Waals surface area contributed by atoms with E-state index in [9.17, 15) is 31.1 Å². The van der Waals surface area contributed by atoms with Gasteiger partial charge in [0.1, 0.15) is 0 Å². The topological polar surface area (TPSA) is 50.1 Å². The lowest BCUT2D eigenvalue weighted by Crippen LogP contribution is -2.17. The van der Waals surface area contributed by atoms with Gasteiger partial charge in [0.05, 0.1) is 22.5 Å². The van der Waals surface area contributed by atoms with Gasteiger partial charge >= 0.3 is 12.4 Å². The maximum Gasteiger partial charge on any atom is 0.433 e. The van der Waals surface area contributed by atoms with Gasteiger partial charge in [-0.2, -0.15) is 26.3 Å². The molecule has 0 aliphatic carbocycles. The summed E-state index contributed by atoms with van der Waals surface area (Å²) in [6, 6.07) is 11.1. The molecular weight excluding hydrogens is 388 g/mol. The number of benzene rings is 2. The Morgan fingerprint density at radius 1 is 0.857 bits per heavy atom. The van der Waals surface area contributed by atoms with E-state index < -0.39 is 34.7 Å². The molecule has 0 saturated heterocycles. The molecule has 0 saturated carbocycles. The summed E-state index contributed by atoms with van der Waals surface area (Å²) in [5.41, 5.74) is -3.82. The van der Waals surface area contributed by atoms with E-state index >= 15 is 0 Å². The highest BCUT2D eigenvalue weighted by Crippen LogP contribution is 2.31. The minimum Gasteiger partial charge on any atom is -0.286 e. The van der Waals surface area contributed by atoms with Gasteiger partial charge in [0, 0.05) is 6.21 Å². The van der Waals surface area contributed by atoms with Crippen LogP contribution in [0, 0.1) is 0 Å². The third-order valence-electron chi connectivity index (χ3n) is 3.76. The van der Waals surface area contributed by atoms with Crippen LogP contribution in [0.2, 0.25) is 0 Å². The van der Waals surface area contributed by atoms with Crippen LogP contribution in [-0.2, 0) is 12.4 Å². The number of nitrogens with one attached hydrogen (secondary N) is 1. The van der Waals surface area contributed by atoms with Gasteiger partial charge in [-0.25, -0.2) is 4.68 Å². The molecule has 1 heterocycles. The van der Waals surface area contributed by atoms with Crippen molar-refractivity contribution < 1.29 is 26.3 Å². The smallest absolute Gasteiger partial charge is 0.286 e. The van der Waals surface area contributed by atoms with Crippen LogP contribution in [-0.4, -0.2) is 16.0 Å². The van der Waals surface area contributed by atoms with E-state index in [0.717, 1.165) is 28.9 Å². The number of aromatic nitrogens is 2. The Morgan fingerprint density at radius 2 is 1.46 bits per heavy atom. The first-order chi connectivity index (χ1) is 13.1. The summed E-state index contributed by atoms with van der Waals surface area (Å²) < 4.78 is 78.3. The van der Waals surface area contributed by atoms with Crippen LogP contribution in [0.1, 0.15) is 16.8 Å². The monoisotopic (exact) mass is 399 g/mol. The Kier molecular flexibility index (Phi) is 4.88. The van der Waals surface area contributed by atoms with E-state index in [2.05, 4.69) is 4.99 Å². The first-order valence-corrected chi connectivity index (χ1v) is 7.76. The quantitative estimate of drug-likeness (QED) is 0.492. The fraction of sp³-hybridized carbons (Fsp3) is 0.111. The lowest BCUT2D eigenvalue weighted by Gasteiger charge is -2.06. The zero-order valence-corrected chi connectivity index (χ0v) is 13.8. The van der Waals surface area contributed by atoms with E-state index in [0.29, 0.717) is 6.21 Å². The molecule has 0 amide bonds. The summed E-state index contributed by atoms with van der Waals surface area (Å²) >= 11 is 0. The van der Waals surface area contributed by atoms with Crippen molar-refractivity contribution in [3.05, 3.63) is 81.8 Å². The van der Waals surface area contributed by atoms with E-state index in [1.165, 1.54) is 12.1 Å². The summed E-state index contributed by atoms with van der Waals surface area (Å²) in [5, 5.41) is 2.01. The fourth-order valence-corrected chi connectivity index (χ4v) is 2.42. The second kappa shape index (κ2) is 7.02. The number of nitrogens with zero attached hydrogens (tertiary/aromatic N) is 2. The molecule has 1 N–H and O–H groups in total. The number of para-hydroxylation sites is 1. The number of hydrogen-bond acceptors (Lipinski definition) is 2. The molecule has 1 aromatic heterocycles. The predicted octanol–water partition coefficient (Wildman–Crippen LogP) is 4.95. The lowest BCUT2D eigenvalue weighted by atomic mass is 10.2. The molecule has 0 bridgehead atoms. The Bertz CT molecular complexity index is 1040. The highest BCUT2D eigenvalue weighted by atomic mass is 19.4. The number of H-pyrrole nitrogens is 1. The highest BCUT2D eigenvalue weighted by Gasteiger charge is 2.37. The van der Waals surface area contributed by atoms with Gasteiger partial charge in [-0.15, -0.1) is 0 Å². The molecule has 28 heavy (non-hydrogen) atoms. The zero-order valence-electron chi connectivity index (χ0n) is 13.8. The van der Waals surface area contributed by atoms with Gasteiger partial charge in [0.25, 0.3) is 5.56 Å². The number of rotatable bonds is 3. The molecule has 10 heteroatoms. The maximum absolute atomic E-state index is 13.3. The Balaban J connectivity index is 2.02. The largest absolute Gasteiger partial charge is 0.433 e. The maximum atomic E-state index is 13.3. The van der Waals surface area contributed by atoms with Gasteiger partial charge < -0.3 is 0 Å². The van der Waals surface area contributed by atoms with Crippen LogP contribution in [0.25, 0.3) is 5.69 Å². The molecule has 0 aliphatic heterocycles. The van der Waals surface area contributed by atoms with Gasteiger partial charge in [0.2, 0.25) is 0 Å². The van der Waals surface area contributed by atoms with Gasteiger partial charge in [0.15, 0.2) is 5.69 Å². The van der Waals surface area contributed by atoms with Crippen LogP contribution in [0.15, 0.2) is 64.4 Å². The average Bonchev–Trinajstić information content (AvgIpc) is 2.97. The number of aliphatic imine (C=N–C) groups is 1. The third kappa shape index (κ3) is 4.00. The van der Waals surface area contributed by atoms with Crippen LogP contribution in [0.5, 0.6) is 0 Å². The van der Waals surface area contributed by atoms with Crippen molar-refractivity contribution in [2.75, 3.05) is 0 Å². The molecule has 2 aromatic carbocycles. The minimum atomic E-state index is -4.86. The Hall–Kier alpha value is -3.30. The molecule has 146 valence electrons. The van der Waals surface area contributed by atoms with Crippen LogP contribution >= 0.6 is 0 Å². The first kappa shape index (κ1) is 19.5. The molecule has 0 atom stereocenters. The summed E-state index contributed by atoms with van der Waals surface area (Å²) in [6.07, 6.45) is -8.72. The van der Waals surface area contributed by atoms with E-state index in [1.54, 1.807) is 18.2 Å². The molecule has 0 fully saturated rings. The molecular formula is C18H11F6N3O. The summed E-state index contributed by atoms with van der Waals surface area (Å²) in [4.78, 5) is 16.2. The van der Waals surface area contributed by atoms with Gasteiger partial charge in [-0.05, 0) is 36.4 Å². The number of alkyl halides is 6. The fourth-order valence-electron chi connectivity index (χ4n) is 2.42. The van der Waals surface area contributed by atoms with E-state index in [4.69, 9.17) is 0 Å². The molecule has 3 aromatic rings. The van der Waals surface area contributed by atoms with Gasteiger partial charge in [-0.3, -0.25) is 14.9 Å². The first-order valence-electron chi connectivity index (χ1n) is 7.76. The third-order valence-corrected chi connectivity index (χ3v) is 3.76. The van der Waals surface area contributed by atoms with Crippen LogP contribution < -0.4 is 5.56 Å². The standard InChI is InChI=1S/C18H11F6N3O/c19-17(20,21)11-6-8-12(9-7-11)25-10-14-15(18(22,23)24)26-27(16(14)28)13-4-2-1-3-5-13/h1-10,26H. The highest BCUT2D eigenvalue weighted by molar-refractivity contribution is 5.83. The number of halogens is 6. The van der Waals surface area contributed by atoms with Crippen molar-refractivity contribution in [3.63, 3.8) is 0 Å². The second-order valence-corrected chi connectivity index (χ2v) is 5.68. The van der Waals surface area contributed by atoms with E-state index in [1.807, 2.05) is 5.10 Å². The Labute approximate surface area is 153 Å². The number of aromatic amines is 1. The van der Waals surface area contributed by atoms with Crippen molar-refractivity contribution in [1.82, 2.24) is 9.78 Å². The minimum absolute atomic E-state index is 0.0343. The zero-order chi connectivity index (χ0) is 20.5. The summed E-state index contributed by atoms with van der Waals surface area (Å²) in [7, 11) is 0. The van der Waals surface area contributed by atoms with E-state index in [-0.39, 0.29) is 11.4 Å².